The number of halogens is 2. The monoisotopic (exact) mass is 478 g/mol. The van der Waals surface area contributed by atoms with Crippen LogP contribution < -0.4 is 32.1 Å². The van der Waals surface area contributed by atoms with Crippen molar-refractivity contribution >= 4 is 26.3 Å². The van der Waals surface area contributed by atoms with E-state index in [2.05, 4.69) is 17.5 Å². The van der Waals surface area contributed by atoms with Crippen LogP contribution in [0.1, 0.15) is 45.4 Å². The molecule has 18 heavy (non-hydrogen) atoms. The molecule has 7 heteroatoms. The minimum atomic E-state index is -1.06. The van der Waals surface area contributed by atoms with Crippen molar-refractivity contribution in [2.45, 2.75) is 58.3 Å². The van der Waals surface area contributed by atoms with Gasteiger partial charge in [-0.15, -0.1) is 0 Å². The van der Waals surface area contributed by atoms with Crippen LogP contribution in [0.25, 0.3) is 0 Å². The average molecular weight is 478 g/mol. The van der Waals surface area contributed by atoms with Crippen LogP contribution in [0.5, 0.6) is 0 Å². The molecule has 3 N–H and O–H groups in total. The van der Waals surface area contributed by atoms with E-state index in [9.17, 15) is 4.79 Å². The topological polar surface area (TPSA) is 92.1 Å². The number of esters is 1. The predicted molar refractivity (Wildman–Crippen MR) is 71.1 cm³/mol. The maximum atomic E-state index is 12.6. The van der Waals surface area contributed by atoms with Crippen molar-refractivity contribution in [3.8, 4) is 0 Å². The molecule has 1 aliphatic carbocycles. The van der Waals surface area contributed by atoms with Gasteiger partial charge >= 0.3 is 126 Å². The summed E-state index contributed by atoms with van der Waals surface area (Å²) in [5, 5.41) is 0. The summed E-state index contributed by atoms with van der Waals surface area (Å²) >= 11 is -1.27. The van der Waals surface area contributed by atoms with Crippen LogP contribution in [0.2, 0.25) is 0 Å². The number of fused-ring (bicyclic) bond motifs is 1. The van der Waals surface area contributed by atoms with Gasteiger partial charge in [-0.1, -0.05) is 0 Å². The second kappa shape index (κ2) is 3.92. The van der Waals surface area contributed by atoms with E-state index in [1.165, 1.54) is 19.3 Å². The van der Waals surface area contributed by atoms with Crippen molar-refractivity contribution in [3.05, 3.63) is 0 Å². The zero-order chi connectivity index (χ0) is 12.4. The molecule has 104 valence electrons. The Morgan fingerprint density at radius 2 is 1.94 bits per heavy atom. The number of hydrogen-bond acceptors (Lipinski definition) is 5. The first-order valence-corrected chi connectivity index (χ1v) is 12.0. The van der Waals surface area contributed by atoms with E-state index < -0.39 is 20.4 Å². The first-order valence-electron chi connectivity index (χ1n) is 6.58. The van der Waals surface area contributed by atoms with Gasteiger partial charge in [-0.2, -0.15) is 0 Å². The summed E-state index contributed by atoms with van der Waals surface area (Å²) in [6, 6.07) is 0. The molecule has 0 aromatic heterocycles. The number of carbonyl (C=O) groups excluding carboxylic acids is 1. The average Bonchev–Trinajstić information content (AvgIpc) is 3.19. The summed E-state index contributed by atoms with van der Waals surface area (Å²) in [6.07, 6.45) is 6.77. The Hall–Kier alpha value is 0.810. The van der Waals surface area contributed by atoms with Crippen LogP contribution in [0.4, 0.5) is 0 Å². The molecule has 0 aromatic carbocycles. The third kappa shape index (κ3) is 1.63. The Labute approximate surface area is 125 Å². The molecule has 0 amide bonds. The van der Waals surface area contributed by atoms with E-state index in [0.29, 0.717) is 0 Å². The van der Waals surface area contributed by atoms with Gasteiger partial charge in [0.15, 0.2) is 0 Å². The summed E-state index contributed by atoms with van der Waals surface area (Å²) in [6.45, 7) is 2.16. The normalized spacial score (nSPS) is 40.2. The number of carbonyl (C=O) groups is 1. The molecule has 0 radical (unpaired) electrons. The van der Waals surface area contributed by atoms with Gasteiger partial charge in [0.2, 0.25) is 0 Å². The molecule has 3 heterocycles. The van der Waals surface area contributed by atoms with Gasteiger partial charge in [0.25, 0.3) is 0 Å². The number of hydrogen-bond donors (Lipinski definition) is 3. The second-order valence-corrected chi connectivity index (χ2v) is 12.5. The van der Waals surface area contributed by atoms with E-state index in [4.69, 9.17) is 4.74 Å². The zero-order valence-corrected chi connectivity index (χ0v) is 14.6. The quantitative estimate of drug-likeness (QED) is 0.110. The second-order valence-electron chi connectivity index (χ2n) is 5.47. The van der Waals surface area contributed by atoms with Gasteiger partial charge in [-0.05, 0) is 0 Å². The molecule has 3 aliphatic heterocycles. The standard InChI is InChI=1S/C11H18I2N3O2/c1-2-9(6-4-3-5-7-9)18-8(17)10(12-14-10)11-13(15-11)16-11/h14-16H,2-7H2,1H3/q-1. The molecule has 1 atom stereocenters. The van der Waals surface area contributed by atoms with Crippen molar-refractivity contribution < 1.29 is 31.0 Å². The molecule has 0 bridgehead atoms. The molecule has 4 aliphatic rings. The maximum absolute atomic E-state index is 12.6. The molecule has 0 spiro atoms. The van der Waals surface area contributed by atoms with Crippen LogP contribution in [-0.4, -0.2) is 18.8 Å². The summed E-state index contributed by atoms with van der Waals surface area (Å²) in [5.74, 6) is 0.0383. The number of ether oxygens (including phenoxy) is 1. The number of nitrogens with one attached hydrogen (secondary N) is 3. The first-order chi connectivity index (χ1) is 8.66. The van der Waals surface area contributed by atoms with Gasteiger partial charge in [0.05, 0.1) is 0 Å². The zero-order valence-electron chi connectivity index (χ0n) is 10.3. The molecule has 3 saturated heterocycles. The predicted octanol–water partition coefficient (Wildman–Crippen LogP) is -1.86. The first kappa shape index (κ1) is 12.5. The third-order valence-electron chi connectivity index (χ3n) is 4.42. The van der Waals surface area contributed by atoms with E-state index in [0.717, 1.165) is 19.3 Å². The van der Waals surface area contributed by atoms with Crippen molar-refractivity contribution in [1.29, 1.82) is 0 Å². The van der Waals surface area contributed by atoms with Crippen LogP contribution in [0.15, 0.2) is 0 Å². The Balaban J connectivity index is 1.48. The molecule has 0 aromatic rings. The summed E-state index contributed by atoms with van der Waals surface area (Å²) in [4.78, 5) is 12.6. The van der Waals surface area contributed by atoms with Crippen LogP contribution in [-0.2, 0) is 9.53 Å². The molecule has 1 unspecified atom stereocenters. The van der Waals surface area contributed by atoms with Crippen molar-refractivity contribution in [2.24, 2.45) is 0 Å². The summed E-state index contributed by atoms with van der Waals surface area (Å²) in [5.41, 5.74) is -0.157. The summed E-state index contributed by atoms with van der Waals surface area (Å²) in [7, 11) is 0. The summed E-state index contributed by atoms with van der Waals surface area (Å²) < 4.78 is 16.1. The fraction of sp³-hybridized carbons (Fsp3) is 0.909. The number of alkyl halides is 2. The van der Waals surface area contributed by atoms with Crippen LogP contribution in [0.3, 0.4) is 0 Å². The van der Waals surface area contributed by atoms with E-state index in [-0.39, 0.29) is 40.3 Å². The Morgan fingerprint density at radius 3 is 2.39 bits per heavy atom. The fourth-order valence-electron chi connectivity index (χ4n) is 2.87. The molecule has 1 saturated carbocycles. The van der Waals surface area contributed by atoms with Crippen LogP contribution >= 0.6 is 20.4 Å². The van der Waals surface area contributed by atoms with Crippen LogP contribution in [0, 0.1) is 0 Å². The van der Waals surface area contributed by atoms with Gasteiger partial charge in [0.1, 0.15) is 0 Å². The van der Waals surface area contributed by atoms with Crippen molar-refractivity contribution in [3.63, 3.8) is 0 Å². The molecular formula is C11H18I2N3O2-. The molecule has 4 fully saturated rings. The van der Waals surface area contributed by atoms with Crippen molar-refractivity contribution in [2.75, 3.05) is 0 Å². The molecular weight excluding hydrogens is 460 g/mol. The Morgan fingerprint density at radius 1 is 1.33 bits per heavy atom. The van der Waals surface area contributed by atoms with E-state index in [1.54, 1.807) is 0 Å². The van der Waals surface area contributed by atoms with Gasteiger partial charge < -0.3 is 0 Å². The van der Waals surface area contributed by atoms with E-state index in [1.807, 2.05) is 0 Å². The number of rotatable bonds is 4. The van der Waals surface area contributed by atoms with E-state index >= 15 is 0 Å². The SMILES string of the molecule is CCC1(OC(=O)C2(C34NI3N4)N[I-]2)CCCCC1. The third-order valence-corrected chi connectivity index (χ3v) is 12.9. The Kier molecular flexibility index (Phi) is 2.73. The van der Waals surface area contributed by atoms with Gasteiger partial charge in [0, 0.05) is 0 Å². The van der Waals surface area contributed by atoms with Gasteiger partial charge in [-0.25, -0.2) is 0 Å². The van der Waals surface area contributed by atoms with Gasteiger partial charge in [-0.3, -0.25) is 0 Å². The molecule has 5 nitrogen and oxygen atoms in total. The molecule has 4 rings (SSSR count). The fourth-order valence-corrected chi connectivity index (χ4v) is 12.9. The minimum absolute atomic E-state index is 0.0383. The van der Waals surface area contributed by atoms with Crippen molar-refractivity contribution in [1.82, 2.24) is 10.6 Å². The Bertz CT molecular complexity index is 401.